The lowest BCUT2D eigenvalue weighted by atomic mass is 9.95. The van der Waals surface area contributed by atoms with Gasteiger partial charge in [-0.25, -0.2) is 0 Å². The Morgan fingerprint density at radius 3 is 2.85 bits per heavy atom. The van der Waals surface area contributed by atoms with Crippen LogP contribution in [-0.4, -0.2) is 51.8 Å². The van der Waals surface area contributed by atoms with E-state index in [1.54, 1.807) is 6.07 Å². The second-order valence-corrected chi connectivity index (χ2v) is 7.39. The number of ether oxygens (including phenoxy) is 1. The molecule has 0 saturated carbocycles. The lowest BCUT2D eigenvalue weighted by Crippen LogP contribution is -2.39. The molecule has 0 unspecified atom stereocenters. The molecule has 1 fully saturated rings. The summed E-state index contributed by atoms with van der Waals surface area (Å²) in [6.45, 7) is 4.53. The zero-order valence-corrected chi connectivity index (χ0v) is 16.0. The minimum absolute atomic E-state index is 0.132. The molecule has 0 bridgehead atoms. The van der Waals surface area contributed by atoms with Crippen LogP contribution in [0.4, 0.5) is 0 Å². The van der Waals surface area contributed by atoms with Crippen LogP contribution < -0.4 is 10.1 Å². The maximum atomic E-state index is 12.5. The van der Waals surface area contributed by atoms with Gasteiger partial charge in [0.05, 0.1) is 24.6 Å². The summed E-state index contributed by atoms with van der Waals surface area (Å²) >= 11 is 6.07. The van der Waals surface area contributed by atoms with E-state index in [0.29, 0.717) is 29.7 Å². The Labute approximate surface area is 163 Å². The van der Waals surface area contributed by atoms with Crippen molar-refractivity contribution >= 4 is 17.5 Å². The van der Waals surface area contributed by atoms with E-state index in [4.69, 9.17) is 16.3 Å². The van der Waals surface area contributed by atoms with Crippen LogP contribution in [0.5, 0.6) is 5.75 Å². The summed E-state index contributed by atoms with van der Waals surface area (Å²) in [5, 5.41) is 12.6. The summed E-state index contributed by atoms with van der Waals surface area (Å²) in [6.07, 6.45) is 2.23. The molecule has 2 aromatic rings. The largest absolute Gasteiger partial charge is 0.491 e. The van der Waals surface area contributed by atoms with Crippen molar-refractivity contribution in [3.05, 3.63) is 40.9 Å². The van der Waals surface area contributed by atoms with Crippen molar-refractivity contribution < 1.29 is 9.53 Å². The zero-order chi connectivity index (χ0) is 18.6. The zero-order valence-electron chi connectivity index (χ0n) is 15.2. The number of hydrogen-bond donors (Lipinski definition) is 1. The number of nitrogens with zero attached hydrogens (tertiary/aromatic N) is 4. The predicted octanol–water partition coefficient (Wildman–Crippen LogP) is 2.21. The molecule has 27 heavy (non-hydrogen) atoms. The summed E-state index contributed by atoms with van der Waals surface area (Å²) in [7, 11) is 0. The topological polar surface area (TPSA) is 72.3 Å². The summed E-state index contributed by atoms with van der Waals surface area (Å²) in [5.74, 6) is 3.24. The highest BCUT2D eigenvalue weighted by Crippen LogP contribution is 2.28. The normalized spacial score (nSPS) is 17.6. The van der Waals surface area contributed by atoms with Crippen molar-refractivity contribution in [1.29, 1.82) is 0 Å². The number of halogens is 1. The van der Waals surface area contributed by atoms with Gasteiger partial charge in [-0.2, -0.15) is 0 Å². The van der Waals surface area contributed by atoms with Gasteiger partial charge in [0, 0.05) is 32.1 Å². The van der Waals surface area contributed by atoms with Gasteiger partial charge in [0.25, 0.3) is 0 Å². The molecule has 1 N–H and O–H groups in total. The van der Waals surface area contributed by atoms with E-state index < -0.39 is 0 Å². The highest BCUT2D eigenvalue weighted by Gasteiger charge is 2.28. The van der Waals surface area contributed by atoms with Gasteiger partial charge in [0.15, 0.2) is 0 Å². The molecule has 1 saturated heterocycles. The number of amides is 1. The first-order valence-corrected chi connectivity index (χ1v) is 9.88. The van der Waals surface area contributed by atoms with Gasteiger partial charge in [-0.3, -0.25) is 4.79 Å². The van der Waals surface area contributed by atoms with Gasteiger partial charge in [-0.15, -0.1) is 10.2 Å². The number of nitrogens with one attached hydrogen (secondary N) is 1. The van der Waals surface area contributed by atoms with E-state index >= 15 is 0 Å². The second-order valence-electron chi connectivity index (χ2n) is 6.99. The van der Waals surface area contributed by atoms with Crippen LogP contribution in [0, 0.1) is 0 Å². The van der Waals surface area contributed by atoms with Gasteiger partial charge in [-0.1, -0.05) is 23.7 Å². The smallest absolute Gasteiger partial charge is 0.225 e. The SMILES string of the molecule is O=C(CCOc1ccccc1Cl)N1CCC(c2nnc3n2CCNC3)CC1. The van der Waals surface area contributed by atoms with Crippen LogP contribution in [0.2, 0.25) is 5.02 Å². The molecule has 7 nitrogen and oxygen atoms in total. The molecule has 0 atom stereocenters. The number of piperidine rings is 1. The van der Waals surface area contributed by atoms with E-state index in [-0.39, 0.29) is 5.91 Å². The van der Waals surface area contributed by atoms with Crippen molar-refractivity contribution in [3.8, 4) is 5.75 Å². The predicted molar refractivity (Wildman–Crippen MR) is 102 cm³/mol. The van der Waals surface area contributed by atoms with E-state index in [1.807, 2.05) is 23.1 Å². The maximum Gasteiger partial charge on any atom is 0.225 e. The molecule has 1 amide bonds. The molecule has 2 aliphatic heterocycles. The average Bonchev–Trinajstić information content (AvgIpc) is 3.14. The van der Waals surface area contributed by atoms with Crippen molar-refractivity contribution in [2.75, 3.05) is 26.2 Å². The average molecular weight is 390 g/mol. The Morgan fingerprint density at radius 2 is 2.04 bits per heavy atom. The Kier molecular flexibility index (Phi) is 5.59. The molecule has 8 heteroatoms. The van der Waals surface area contributed by atoms with Gasteiger partial charge < -0.3 is 19.5 Å². The second kappa shape index (κ2) is 8.27. The molecular formula is C19H24ClN5O2. The molecule has 4 rings (SSSR count). The summed E-state index contributed by atoms with van der Waals surface area (Å²) in [4.78, 5) is 14.4. The van der Waals surface area contributed by atoms with Crippen molar-refractivity contribution in [2.24, 2.45) is 0 Å². The lowest BCUT2D eigenvalue weighted by molar-refractivity contribution is -0.132. The lowest BCUT2D eigenvalue weighted by Gasteiger charge is -2.32. The van der Waals surface area contributed by atoms with E-state index in [1.165, 1.54) is 0 Å². The van der Waals surface area contributed by atoms with Gasteiger partial charge in [0.2, 0.25) is 5.91 Å². The summed E-state index contributed by atoms with van der Waals surface area (Å²) in [6, 6.07) is 7.32. The first kappa shape index (κ1) is 18.3. The fraction of sp³-hybridized carbons (Fsp3) is 0.526. The Bertz CT molecular complexity index is 801. The third kappa shape index (κ3) is 4.09. The van der Waals surface area contributed by atoms with Crippen molar-refractivity contribution in [2.45, 2.75) is 38.3 Å². The van der Waals surface area contributed by atoms with Crippen LogP contribution in [0.25, 0.3) is 0 Å². The van der Waals surface area contributed by atoms with Crippen LogP contribution in [-0.2, 0) is 17.9 Å². The Balaban J connectivity index is 1.26. The van der Waals surface area contributed by atoms with Gasteiger partial charge >= 0.3 is 0 Å². The number of carbonyl (C=O) groups excluding carboxylic acids is 1. The number of para-hydroxylation sites is 1. The molecule has 1 aromatic heterocycles. The number of hydrogen-bond acceptors (Lipinski definition) is 5. The van der Waals surface area contributed by atoms with Crippen LogP contribution in [0.3, 0.4) is 0 Å². The molecule has 3 heterocycles. The van der Waals surface area contributed by atoms with E-state index in [9.17, 15) is 4.79 Å². The highest BCUT2D eigenvalue weighted by molar-refractivity contribution is 6.32. The Hall–Kier alpha value is -2.12. The van der Waals surface area contributed by atoms with Gasteiger partial charge in [-0.05, 0) is 25.0 Å². The van der Waals surface area contributed by atoms with E-state index in [2.05, 4.69) is 20.1 Å². The minimum Gasteiger partial charge on any atom is -0.491 e. The molecule has 1 aromatic carbocycles. The highest BCUT2D eigenvalue weighted by atomic mass is 35.5. The van der Waals surface area contributed by atoms with Crippen LogP contribution >= 0.6 is 11.6 Å². The molecule has 144 valence electrons. The van der Waals surface area contributed by atoms with Crippen LogP contribution in [0.1, 0.15) is 36.8 Å². The van der Waals surface area contributed by atoms with Gasteiger partial charge in [0.1, 0.15) is 17.4 Å². The molecule has 0 aliphatic carbocycles. The third-order valence-corrected chi connectivity index (χ3v) is 5.59. The number of aromatic nitrogens is 3. The number of carbonyl (C=O) groups is 1. The monoisotopic (exact) mass is 389 g/mol. The fourth-order valence-electron chi connectivity index (χ4n) is 3.77. The fourth-order valence-corrected chi connectivity index (χ4v) is 3.96. The first-order valence-electron chi connectivity index (χ1n) is 9.50. The van der Waals surface area contributed by atoms with Crippen LogP contribution in [0.15, 0.2) is 24.3 Å². The standard InChI is InChI=1S/C19H24ClN5O2/c20-15-3-1-2-4-16(15)27-12-7-18(26)24-9-5-14(6-10-24)19-23-22-17-13-21-8-11-25(17)19/h1-4,14,21H,5-13H2. The molecular weight excluding hydrogens is 366 g/mol. The number of likely N-dealkylation sites (tertiary alicyclic amines) is 1. The van der Waals surface area contributed by atoms with Crippen molar-refractivity contribution in [1.82, 2.24) is 25.0 Å². The Morgan fingerprint density at radius 1 is 1.22 bits per heavy atom. The molecule has 2 aliphatic rings. The quantitative estimate of drug-likeness (QED) is 0.848. The number of benzene rings is 1. The minimum atomic E-state index is 0.132. The van der Waals surface area contributed by atoms with E-state index in [0.717, 1.165) is 57.2 Å². The first-order chi connectivity index (χ1) is 13.2. The number of rotatable bonds is 5. The third-order valence-electron chi connectivity index (χ3n) is 5.27. The van der Waals surface area contributed by atoms with Crippen molar-refractivity contribution in [3.63, 3.8) is 0 Å². The molecule has 0 spiro atoms. The summed E-state index contributed by atoms with van der Waals surface area (Å²) < 4.78 is 7.88. The maximum absolute atomic E-state index is 12.5. The summed E-state index contributed by atoms with van der Waals surface area (Å²) in [5.41, 5.74) is 0. The number of fused-ring (bicyclic) bond motifs is 1. The molecule has 0 radical (unpaired) electrons.